The first-order chi connectivity index (χ1) is 11.7. The molecule has 0 atom stereocenters. The topological polar surface area (TPSA) is 75.5 Å². The number of aromatic nitrogens is 3. The van der Waals surface area contributed by atoms with Crippen LogP contribution in [0.5, 0.6) is 17.2 Å². The van der Waals surface area contributed by atoms with E-state index in [1.807, 2.05) is 5.38 Å². The molecule has 0 spiro atoms. The molecule has 0 fully saturated rings. The first-order valence-electron chi connectivity index (χ1n) is 7.24. The predicted molar refractivity (Wildman–Crippen MR) is 91.5 cm³/mol. The van der Waals surface area contributed by atoms with Gasteiger partial charge in [-0.05, 0) is 6.07 Å². The van der Waals surface area contributed by atoms with Crippen LogP contribution in [0.25, 0.3) is 10.9 Å². The lowest BCUT2D eigenvalue weighted by molar-refractivity contribution is 0.326. The van der Waals surface area contributed by atoms with E-state index in [9.17, 15) is 4.79 Å². The number of ether oxygens (including phenoxy) is 3. The van der Waals surface area contributed by atoms with Gasteiger partial charge >= 0.3 is 0 Å². The number of nitrogens with zero attached hydrogens (tertiary/aromatic N) is 3. The van der Waals surface area contributed by atoms with E-state index in [4.69, 9.17) is 14.2 Å². The zero-order chi connectivity index (χ0) is 17.1. The quantitative estimate of drug-likeness (QED) is 0.680. The maximum Gasteiger partial charge on any atom is 0.261 e. The van der Waals surface area contributed by atoms with Crippen LogP contribution in [0.4, 0.5) is 0 Å². The molecule has 0 saturated heterocycles. The maximum atomic E-state index is 12.8. The molecule has 3 aromatic rings. The van der Waals surface area contributed by atoms with Crippen LogP contribution in [0.3, 0.4) is 0 Å². The summed E-state index contributed by atoms with van der Waals surface area (Å²) in [5.41, 5.74) is 3.02. The number of methoxy groups -OCH3 is 3. The molecule has 0 N–H and O–H groups in total. The summed E-state index contributed by atoms with van der Waals surface area (Å²) < 4.78 is 17.6. The van der Waals surface area contributed by atoms with Gasteiger partial charge in [0.1, 0.15) is 5.52 Å². The lowest BCUT2D eigenvalue weighted by Gasteiger charge is -2.14. The zero-order valence-electron chi connectivity index (χ0n) is 13.6. The number of hydrogen-bond acceptors (Lipinski definition) is 7. The molecule has 3 rings (SSSR count). The van der Waals surface area contributed by atoms with Crippen molar-refractivity contribution in [1.29, 1.82) is 0 Å². The molecule has 0 radical (unpaired) electrons. The standard InChI is InChI=1S/C16H17N3O4S/c1-21-12-6-11-13(15(23-3)14(12)22-2)17-8-19(16(11)20)5-4-10-7-24-9-18-10/h6-9H,4-5H2,1-3H3. The molecule has 0 unspecified atom stereocenters. The molecule has 0 bridgehead atoms. The van der Waals surface area contributed by atoms with Crippen LogP contribution < -0.4 is 19.8 Å². The Morgan fingerprint density at radius 3 is 2.54 bits per heavy atom. The van der Waals surface area contributed by atoms with Gasteiger partial charge in [0.15, 0.2) is 11.5 Å². The van der Waals surface area contributed by atoms with E-state index in [2.05, 4.69) is 9.97 Å². The third-order valence-corrected chi connectivity index (χ3v) is 4.35. The number of benzene rings is 1. The Morgan fingerprint density at radius 2 is 1.92 bits per heavy atom. The average molecular weight is 347 g/mol. The van der Waals surface area contributed by atoms with Crippen LogP contribution in [0.1, 0.15) is 5.69 Å². The van der Waals surface area contributed by atoms with Gasteiger partial charge in [-0.2, -0.15) is 0 Å². The third-order valence-electron chi connectivity index (χ3n) is 3.71. The van der Waals surface area contributed by atoms with Crippen LogP contribution >= 0.6 is 11.3 Å². The van der Waals surface area contributed by atoms with Crippen molar-refractivity contribution in [2.45, 2.75) is 13.0 Å². The van der Waals surface area contributed by atoms with Crippen molar-refractivity contribution in [3.8, 4) is 17.2 Å². The minimum atomic E-state index is -0.158. The first kappa shape index (κ1) is 16.3. The summed E-state index contributed by atoms with van der Waals surface area (Å²) in [5.74, 6) is 1.23. The van der Waals surface area contributed by atoms with Crippen LogP contribution in [0.15, 0.2) is 28.1 Å². The van der Waals surface area contributed by atoms with Gasteiger partial charge < -0.3 is 14.2 Å². The van der Waals surface area contributed by atoms with Gasteiger partial charge in [0.2, 0.25) is 5.75 Å². The molecule has 0 aliphatic heterocycles. The van der Waals surface area contributed by atoms with Gasteiger partial charge in [-0.25, -0.2) is 9.97 Å². The molecular formula is C16H17N3O4S. The summed E-state index contributed by atoms with van der Waals surface area (Å²) in [6.07, 6.45) is 2.19. The highest BCUT2D eigenvalue weighted by molar-refractivity contribution is 7.07. The fourth-order valence-corrected chi connectivity index (χ4v) is 3.11. The van der Waals surface area contributed by atoms with E-state index in [0.717, 1.165) is 5.69 Å². The van der Waals surface area contributed by atoms with Crippen LogP contribution in [-0.2, 0) is 13.0 Å². The van der Waals surface area contributed by atoms with Crippen molar-refractivity contribution in [3.63, 3.8) is 0 Å². The Bertz CT molecular complexity index is 906. The molecule has 2 heterocycles. The van der Waals surface area contributed by atoms with E-state index < -0.39 is 0 Å². The molecule has 0 amide bonds. The third kappa shape index (κ3) is 2.80. The molecule has 8 heteroatoms. The summed E-state index contributed by atoms with van der Waals surface area (Å²) >= 11 is 1.53. The molecule has 2 aromatic heterocycles. The van der Waals surface area contributed by atoms with E-state index in [-0.39, 0.29) is 5.56 Å². The number of thiazole rings is 1. The number of hydrogen-bond donors (Lipinski definition) is 0. The molecule has 126 valence electrons. The summed E-state index contributed by atoms with van der Waals surface area (Å²) in [5, 5.41) is 2.39. The van der Waals surface area contributed by atoms with E-state index in [1.165, 1.54) is 39.0 Å². The van der Waals surface area contributed by atoms with Crippen LogP contribution in [-0.4, -0.2) is 35.9 Å². The largest absolute Gasteiger partial charge is 0.493 e. The van der Waals surface area contributed by atoms with E-state index in [1.54, 1.807) is 16.1 Å². The van der Waals surface area contributed by atoms with Crippen LogP contribution in [0, 0.1) is 0 Å². The van der Waals surface area contributed by atoms with Gasteiger partial charge in [-0.3, -0.25) is 9.36 Å². The summed E-state index contributed by atoms with van der Waals surface area (Å²) in [4.78, 5) is 21.4. The Hall–Kier alpha value is -2.61. The maximum absolute atomic E-state index is 12.8. The highest BCUT2D eigenvalue weighted by Gasteiger charge is 2.19. The van der Waals surface area contributed by atoms with Gasteiger partial charge in [0, 0.05) is 18.3 Å². The van der Waals surface area contributed by atoms with Crippen molar-refractivity contribution >= 4 is 22.2 Å². The van der Waals surface area contributed by atoms with Gasteiger partial charge in [-0.1, -0.05) is 0 Å². The van der Waals surface area contributed by atoms with Gasteiger partial charge in [0.25, 0.3) is 5.56 Å². The minimum absolute atomic E-state index is 0.158. The smallest absolute Gasteiger partial charge is 0.261 e. The summed E-state index contributed by atoms with van der Waals surface area (Å²) in [6, 6.07) is 1.63. The predicted octanol–water partition coefficient (Wildman–Crippen LogP) is 2.12. The first-order valence-corrected chi connectivity index (χ1v) is 8.19. The highest BCUT2D eigenvalue weighted by Crippen LogP contribution is 2.41. The SMILES string of the molecule is COc1cc2c(=O)n(CCc3cscn3)cnc2c(OC)c1OC. The van der Waals surface area contributed by atoms with Crippen molar-refractivity contribution in [2.24, 2.45) is 0 Å². The van der Waals surface area contributed by atoms with Crippen molar-refractivity contribution in [1.82, 2.24) is 14.5 Å². The van der Waals surface area contributed by atoms with E-state index >= 15 is 0 Å². The second-order valence-corrected chi connectivity index (χ2v) is 5.73. The number of fused-ring (bicyclic) bond motifs is 1. The second kappa shape index (κ2) is 6.88. The minimum Gasteiger partial charge on any atom is -0.493 e. The van der Waals surface area contributed by atoms with Crippen molar-refractivity contribution in [2.75, 3.05) is 21.3 Å². The molecule has 0 aliphatic carbocycles. The fraction of sp³-hybridized carbons (Fsp3) is 0.312. The van der Waals surface area contributed by atoms with Crippen LogP contribution in [0.2, 0.25) is 0 Å². The molecule has 0 aliphatic rings. The lowest BCUT2D eigenvalue weighted by atomic mass is 10.2. The monoisotopic (exact) mass is 347 g/mol. The molecule has 1 aromatic carbocycles. The van der Waals surface area contributed by atoms with Gasteiger partial charge in [0.05, 0.1) is 44.2 Å². The fourth-order valence-electron chi connectivity index (χ4n) is 2.52. The summed E-state index contributed by atoms with van der Waals surface area (Å²) in [6.45, 7) is 0.502. The normalized spacial score (nSPS) is 10.8. The molecule has 7 nitrogen and oxygen atoms in total. The van der Waals surface area contributed by atoms with E-state index in [0.29, 0.717) is 41.1 Å². The lowest BCUT2D eigenvalue weighted by Crippen LogP contribution is -2.22. The van der Waals surface area contributed by atoms with Crippen molar-refractivity contribution < 1.29 is 14.2 Å². The summed E-state index contributed by atoms with van der Waals surface area (Å²) in [7, 11) is 4.54. The van der Waals surface area contributed by atoms with Crippen molar-refractivity contribution in [3.05, 3.63) is 39.3 Å². The Labute approximate surface area is 142 Å². The van der Waals surface area contributed by atoms with Gasteiger partial charge in [-0.15, -0.1) is 11.3 Å². The Kier molecular flexibility index (Phi) is 4.66. The highest BCUT2D eigenvalue weighted by atomic mass is 32.1. The Morgan fingerprint density at radius 1 is 1.12 bits per heavy atom. The molecule has 0 saturated carbocycles. The molecular weight excluding hydrogens is 330 g/mol. The average Bonchev–Trinajstić information content (AvgIpc) is 3.13. The second-order valence-electron chi connectivity index (χ2n) is 5.01. The number of rotatable bonds is 6. The Balaban J connectivity index is 2.09. The molecule has 24 heavy (non-hydrogen) atoms. The number of aryl methyl sites for hydroxylation is 2. The zero-order valence-corrected chi connectivity index (χ0v) is 14.4.